The summed E-state index contributed by atoms with van der Waals surface area (Å²) in [6, 6.07) is -0.446. The normalized spacial score (nSPS) is 12.7. The van der Waals surface area contributed by atoms with Gasteiger partial charge in [-0.3, -0.25) is 9.79 Å². The van der Waals surface area contributed by atoms with Crippen LogP contribution in [-0.4, -0.2) is 45.1 Å². The van der Waals surface area contributed by atoms with Crippen molar-refractivity contribution in [2.45, 2.75) is 25.3 Å². The first-order valence-corrected chi connectivity index (χ1v) is 5.46. The van der Waals surface area contributed by atoms with E-state index in [1.807, 2.05) is 0 Å². The Morgan fingerprint density at radius 3 is 2.94 bits per heavy atom. The van der Waals surface area contributed by atoms with Crippen molar-refractivity contribution in [3.8, 4) is 0 Å². The van der Waals surface area contributed by atoms with E-state index in [0.717, 1.165) is 12.8 Å². The highest BCUT2D eigenvalue weighted by Gasteiger charge is 2.11. The second kappa shape index (κ2) is 10.4. The number of nitrogens with zero attached hydrogens (tertiary/aromatic N) is 1. The summed E-state index contributed by atoms with van der Waals surface area (Å²) < 4.78 is 4.62. The molecule has 0 radical (unpaired) electrons. The molecule has 0 aromatic rings. The van der Waals surface area contributed by atoms with E-state index in [1.54, 1.807) is 0 Å². The van der Waals surface area contributed by atoms with Crippen molar-refractivity contribution in [1.82, 2.24) is 5.32 Å². The van der Waals surface area contributed by atoms with Gasteiger partial charge in [0.2, 0.25) is 5.91 Å². The molecule has 0 fully saturated rings. The van der Waals surface area contributed by atoms with E-state index in [9.17, 15) is 4.79 Å². The summed E-state index contributed by atoms with van der Waals surface area (Å²) in [7, 11) is 1.52. The van der Waals surface area contributed by atoms with Crippen molar-refractivity contribution in [1.29, 1.82) is 0 Å². The zero-order chi connectivity index (χ0) is 12.2. The van der Waals surface area contributed by atoms with E-state index in [2.05, 4.69) is 15.0 Å². The van der Waals surface area contributed by atoms with Gasteiger partial charge in [0, 0.05) is 6.54 Å². The molecule has 1 atom stereocenters. The Kier molecular flexibility index (Phi) is 9.64. The predicted octanol–water partition coefficient (Wildman–Crippen LogP) is -0.766. The maximum atomic E-state index is 11.4. The Labute approximate surface area is 96.4 Å². The number of ether oxygens (including phenoxy) is 1. The maximum Gasteiger partial charge on any atom is 0.236 e. The monoisotopic (exact) mass is 230 g/mol. The SMILES string of the molecule is COC=NCCNC(=O)C(N)CCCCN. The standard InChI is InChI=1S/C10H22N4O2/c1-16-8-13-6-7-14-10(15)9(12)4-2-3-5-11/h8-9H,2-7,11-12H2,1H3,(H,14,15). The van der Waals surface area contributed by atoms with E-state index in [4.69, 9.17) is 11.5 Å². The third-order valence-electron chi connectivity index (χ3n) is 2.03. The Morgan fingerprint density at radius 2 is 2.31 bits per heavy atom. The highest BCUT2D eigenvalue weighted by Crippen LogP contribution is 1.97. The number of carbonyl (C=O) groups is 1. The van der Waals surface area contributed by atoms with Crippen LogP contribution in [0.4, 0.5) is 0 Å². The number of nitrogens with one attached hydrogen (secondary N) is 1. The van der Waals surface area contributed by atoms with E-state index < -0.39 is 6.04 Å². The summed E-state index contributed by atoms with van der Waals surface area (Å²) in [5.41, 5.74) is 11.0. The summed E-state index contributed by atoms with van der Waals surface area (Å²) in [6.07, 6.45) is 3.80. The summed E-state index contributed by atoms with van der Waals surface area (Å²) in [6.45, 7) is 1.61. The minimum absolute atomic E-state index is 0.135. The smallest absolute Gasteiger partial charge is 0.236 e. The number of methoxy groups -OCH3 is 1. The quantitative estimate of drug-likeness (QED) is 0.275. The summed E-state index contributed by atoms with van der Waals surface area (Å²) >= 11 is 0. The number of hydrogen-bond donors (Lipinski definition) is 3. The van der Waals surface area contributed by atoms with Gasteiger partial charge in [0.15, 0.2) is 6.40 Å². The van der Waals surface area contributed by atoms with Crippen molar-refractivity contribution < 1.29 is 9.53 Å². The fraction of sp³-hybridized carbons (Fsp3) is 0.800. The molecule has 1 unspecified atom stereocenters. The van der Waals surface area contributed by atoms with E-state index in [-0.39, 0.29) is 5.91 Å². The van der Waals surface area contributed by atoms with Gasteiger partial charge in [-0.05, 0) is 19.4 Å². The number of aliphatic imine (C=N–C) groups is 1. The molecule has 94 valence electrons. The first-order chi connectivity index (χ1) is 7.72. The summed E-state index contributed by atoms with van der Waals surface area (Å²) in [4.78, 5) is 15.3. The first kappa shape index (κ1) is 14.9. The van der Waals surface area contributed by atoms with E-state index >= 15 is 0 Å². The van der Waals surface area contributed by atoms with Crippen LogP contribution in [0, 0.1) is 0 Å². The van der Waals surface area contributed by atoms with Gasteiger partial charge >= 0.3 is 0 Å². The molecule has 6 heteroatoms. The zero-order valence-corrected chi connectivity index (χ0v) is 9.82. The van der Waals surface area contributed by atoms with Crippen molar-refractivity contribution >= 4 is 12.3 Å². The van der Waals surface area contributed by atoms with Crippen LogP contribution in [0.3, 0.4) is 0 Å². The number of hydrogen-bond acceptors (Lipinski definition) is 5. The number of rotatable bonds is 9. The van der Waals surface area contributed by atoms with Crippen LogP contribution in [0.15, 0.2) is 4.99 Å². The molecule has 0 heterocycles. The molecule has 16 heavy (non-hydrogen) atoms. The van der Waals surface area contributed by atoms with Crippen LogP contribution in [0.25, 0.3) is 0 Å². The lowest BCUT2D eigenvalue weighted by atomic mass is 10.1. The molecule has 0 aromatic carbocycles. The van der Waals surface area contributed by atoms with E-state index in [0.29, 0.717) is 26.1 Å². The average Bonchev–Trinajstić information content (AvgIpc) is 2.28. The lowest BCUT2D eigenvalue weighted by Gasteiger charge is -2.10. The van der Waals surface area contributed by atoms with Crippen molar-refractivity contribution in [2.24, 2.45) is 16.5 Å². The van der Waals surface area contributed by atoms with Gasteiger partial charge in [-0.15, -0.1) is 0 Å². The fourth-order valence-electron chi connectivity index (χ4n) is 1.14. The Bertz CT molecular complexity index is 209. The molecule has 0 aromatic heterocycles. The summed E-state index contributed by atoms with van der Waals surface area (Å²) in [5, 5.41) is 2.70. The second-order valence-electron chi connectivity index (χ2n) is 3.43. The molecular weight excluding hydrogens is 208 g/mol. The van der Waals surface area contributed by atoms with Gasteiger partial charge in [0.25, 0.3) is 0 Å². The third kappa shape index (κ3) is 8.19. The van der Waals surface area contributed by atoms with Crippen LogP contribution < -0.4 is 16.8 Å². The molecule has 0 aliphatic carbocycles. The van der Waals surface area contributed by atoms with Crippen LogP contribution >= 0.6 is 0 Å². The highest BCUT2D eigenvalue weighted by atomic mass is 16.5. The van der Waals surface area contributed by atoms with Gasteiger partial charge in [-0.2, -0.15) is 0 Å². The lowest BCUT2D eigenvalue weighted by molar-refractivity contribution is -0.122. The molecule has 5 N–H and O–H groups in total. The summed E-state index contributed by atoms with van der Waals surface area (Å²) in [5.74, 6) is -0.135. The number of amides is 1. The third-order valence-corrected chi connectivity index (χ3v) is 2.03. The van der Waals surface area contributed by atoms with Gasteiger partial charge in [0.05, 0.1) is 19.7 Å². The van der Waals surface area contributed by atoms with Gasteiger partial charge < -0.3 is 21.5 Å². The Hall–Kier alpha value is -1.14. The molecule has 0 saturated carbocycles. The molecule has 0 aliphatic rings. The first-order valence-electron chi connectivity index (χ1n) is 5.46. The van der Waals surface area contributed by atoms with Crippen LogP contribution in [0.2, 0.25) is 0 Å². The molecule has 0 rings (SSSR count). The van der Waals surface area contributed by atoms with E-state index in [1.165, 1.54) is 13.5 Å². The van der Waals surface area contributed by atoms with Crippen LogP contribution in [0.5, 0.6) is 0 Å². The maximum absolute atomic E-state index is 11.4. The van der Waals surface area contributed by atoms with Crippen LogP contribution in [-0.2, 0) is 9.53 Å². The molecule has 0 saturated heterocycles. The molecule has 0 spiro atoms. The molecule has 6 nitrogen and oxygen atoms in total. The fourth-order valence-corrected chi connectivity index (χ4v) is 1.14. The molecular formula is C10H22N4O2. The lowest BCUT2D eigenvalue weighted by Crippen LogP contribution is -2.41. The zero-order valence-electron chi connectivity index (χ0n) is 9.82. The topological polar surface area (TPSA) is 103 Å². The number of unbranched alkanes of at least 4 members (excludes halogenated alkanes) is 1. The van der Waals surface area contributed by atoms with Gasteiger partial charge in [0.1, 0.15) is 0 Å². The van der Waals surface area contributed by atoms with Crippen LogP contribution in [0.1, 0.15) is 19.3 Å². The second-order valence-corrected chi connectivity index (χ2v) is 3.43. The number of carbonyl (C=O) groups excluding carboxylic acids is 1. The Balaban J connectivity index is 3.51. The molecule has 1 amide bonds. The molecule has 0 bridgehead atoms. The predicted molar refractivity (Wildman–Crippen MR) is 64.3 cm³/mol. The minimum Gasteiger partial charge on any atom is -0.487 e. The Morgan fingerprint density at radius 1 is 1.56 bits per heavy atom. The number of nitrogens with two attached hydrogens (primary N) is 2. The minimum atomic E-state index is -0.446. The average molecular weight is 230 g/mol. The van der Waals surface area contributed by atoms with Gasteiger partial charge in [-0.1, -0.05) is 6.42 Å². The van der Waals surface area contributed by atoms with Crippen molar-refractivity contribution in [2.75, 3.05) is 26.7 Å². The van der Waals surface area contributed by atoms with Crippen molar-refractivity contribution in [3.05, 3.63) is 0 Å². The van der Waals surface area contributed by atoms with Crippen molar-refractivity contribution in [3.63, 3.8) is 0 Å². The highest BCUT2D eigenvalue weighted by molar-refractivity contribution is 5.81. The largest absolute Gasteiger partial charge is 0.487 e. The molecule has 0 aliphatic heterocycles. The van der Waals surface area contributed by atoms with Gasteiger partial charge in [-0.25, -0.2) is 0 Å².